The summed E-state index contributed by atoms with van der Waals surface area (Å²) in [5, 5.41) is 21.6. The number of Topliss-reactive ketones (excluding diaryl/α,β-unsaturated/α-hetero) is 1. The van der Waals surface area contributed by atoms with Gasteiger partial charge >= 0.3 is 7.60 Å². The van der Waals surface area contributed by atoms with Crippen molar-refractivity contribution in [2.45, 2.75) is 83.9 Å². The molecule has 0 amide bonds. The average Bonchev–Trinajstić information content (AvgIpc) is 3.37. The molecule has 1 fully saturated rings. The van der Waals surface area contributed by atoms with Crippen LogP contribution >= 0.6 is 7.60 Å². The van der Waals surface area contributed by atoms with Crippen LogP contribution in [0.25, 0.3) is 11.2 Å². The third kappa shape index (κ3) is 5.98. The smallest absolute Gasteiger partial charge is 0.366 e. The van der Waals surface area contributed by atoms with Crippen LogP contribution < -0.4 is 0 Å². The normalized spacial score (nSPS) is 23.7. The number of ketones is 1. The van der Waals surface area contributed by atoms with Gasteiger partial charge in [0.05, 0.1) is 44.0 Å². The predicted octanol–water partition coefficient (Wildman–Crippen LogP) is 3.04. The Morgan fingerprint density at radius 3 is 2.46 bits per heavy atom. The lowest BCUT2D eigenvalue weighted by atomic mass is 10.1. The first kappa shape index (κ1) is 27.8. The number of aromatic nitrogens is 4. The fourth-order valence-corrected chi connectivity index (χ4v) is 6.40. The van der Waals surface area contributed by atoms with Crippen LogP contribution in [0, 0.1) is 5.92 Å². The second-order valence-electron chi connectivity index (χ2n) is 8.72. The molecule has 0 bridgehead atoms. The van der Waals surface area contributed by atoms with Crippen LogP contribution in [-0.2, 0) is 29.6 Å². The van der Waals surface area contributed by atoms with Crippen molar-refractivity contribution in [1.29, 1.82) is 0 Å². The van der Waals surface area contributed by atoms with Gasteiger partial charge in [0, 0.05) is 12.3 Å². The zero-order valence-corrected chi connectivity index (χ0v) is 21.8. The Hall–Kier alpha value is -1.75. The van der Waals surface area contributed by atoms with Gasteiger partial charge in [-0.1, -0.05) is 20.3 Å². The van der Waals surface area contributed by atoms with Gasteiger partial charge in [-0.3, -0.25) is 9.36 Å². The van der Waals surface area contributed by atoms with E-state index in [4.69, 9.17) is 13.8 Å². The lowest BCUT2D eigenvalue weighted by Gasteiger charge is -2.27. The quantitative estimate of drug-likeness (QED) is 0.362. The molecule has 11 nitrogen and oxygen atoms in total. The van der Waals surface area contributed by atoms with Crippen LogP contribution in [0.1, 0.15) is 65.1 Å². The van der Waals surface area contributed by atoms with E-state index in [0.29, 0.717) is 24.0 Å². The highest BCUT2D eigenvalue weighted by molar-refractivity contribution is 7.55. The lowest BCUT2D eigenvalue weighted by molar-refractivity contribution is -0.128. The Morgan fingerprint density at radius 1 is 1.11 bits per heavy atom. The second kappa shape index (κ2) is 12.5. The van der Waals surface area contributed by atoms with Crippen molar-refractivity contribution in [3.05, 3.63) is 18.3 Å². The minimum absolute atomic E-state index is 0.0956. The molecule has 35 heavy (non-hydrogen) atoms. The molecule has 1 aliphatic rings. The number of rotatable bonds is 14. The number of aliphatic hydroxyl groups excluding tert-OH is 2. The van der Waals surface area contributed by atoms with E-state index in [2.05, 4.69) is 21.9 Å². The number of hydrogen-bond acceptors (Lipinski definition) is 10. The summed E-state index contributed by atoms with van der Waals surface area (Å²) in [6.07, 6.45) is 3.61. The van der Waals surface area contributed by atoms with E-state index in [0.717, 1.165) is 18.5 Å². The zero-order chi connectivity index (χ0) is 25.6. The van der Waals surface area contributed by atoms with Crippen LogP contribution in [0.4, 0.5) is 0 Å². The van der Waals surface area contributed by atoms with Gasteiger partial charge in [-0.25, -0.2) is 15.0 Å². The third-order valence-corrected chi connectivity index (χ3v) is 8.44. The van der Waals surface area contributed by atoms with Crippen molar-refractivity contribution in [3.8, 4) is 0 Å². The van der Waals surface area contributed by atoms with Crippen LogP contribution in [0.3, 0.4) is 0 Å². The van der Waals surface area contributed by atoms with Crippen molar-refractivity contribution in [1.82, 2.24) is 19.5 Å². The Kier molecular flexibility index (Phi) is 9.92. The molecule has 3 rings (SSSR count). The molecule has 5 atom stereocenters. The number of fused-ring (bicyclic) bond motifs is 1. The molecule has 2 aromatic rings. The van der Waals surface area contributed by atoms with Gasteiger partial charge in [-0.2, -0.15) is 0 Å². The maximum absolute atomic E-state index is 13.3. The van der Waals surface area contributed by atoms with Gasteiger partial charge in [-0.15, -0.1) is 0 Å². The van der Waals surface area contributed by atoms with Crippen molar-refractivity contribution < 1.29 is 33.4 Å². The molecular formula is C23H37N4O7P. The highest BCUT2D eigenvalue weighted by atomic mass is 31.2. The number of hydrogen-bond donors (Lipinski definition) is 2. The minimum Gasteiger partial charge on any atom is -0.390 e. The molecule has 1 unspecified atom stereocenters. The molecule has 0 aromatic carbocycles. The molecule has 0 spiro atoms. The van der Waals surface area contributed by atoms with Gasteiger partial charge in [0.15, 0.2) is 11.4 Å². The Labute approximate surface area is 205 Å². The molecule has 2 N–H and O–H groups in total. The SMILES string of the molecule is CCCC(=O)C(OC[C@H]1C[C@@H](n2cnc3c(CCC)ncnc32)[C@H](O)[C@@H]1O)P(=O)(OCC)OCC. The number of imidazole rings is 1. The topological polar surface area (TPSA) is 146 Å². The number of aliphatic hydroxyl groups is 2. The molecule has 196 valence electrons. The summed E-state index contributed by atoms with van der Waals surface area (Å²) in [7, 11) is -3.86. The summed E-state index contributed by atoms with van der Waals surface area (Å²) in [5.41, 5.74) is 2.11. The molecule has 1 saturated carbocycles. The summed E-state index contributed by atoms with van der Waals surface area (Å²) in [4.78, 5) is 25.9. The molecule has 2 heterocycles. The average molecular weight is 513 g/mol. The number of carbonyl (C=O) groups excluding carboxylic acids is 1. The molecule has 0 saturated heterocycles. The predicted molar refractivity (Wildman–Crippen MR) is 129 cm³/mol. The second-order valence-corrected chi connectivity index (χ2v) is 10.8. The first-order chi connectivity index (χ1) is 16.8. The van der Waals surface area contributed by atoms with Crippen molar-refractivity contribution in [2.24, 2.45) is 5.92 Å². The van der Waals surface area contributed by atoms with Crippen LogP contribution in [0.2, 0.25) is 0 Å². The van der Waals surface area contributed by atoms with Gasteiger partial charge in [-0.05, 0) is 33.1 Å². The fourth-order valence-electron chi connectivity index (χ4n) is 4.58. The number of ether oxygens (including phenoxy) is 1. The van der Waals surface area contributed by atoms with Crippen molar-refractivity contribution >= 4 is 24.5 Å². The van der Waals surface area contributed by atoms with Gasteiger partial charge < -0.3 is 28.6 Å². The summed E-state index contributed by atoms with van der Waals surface area (Å²) in [6, 6.07) is -0.497. The summed E-state index contributed by atoms with van der Waals surface area (Å²) < 4.78 is 31.7. The standard InChI is InChI=1S/C23H37N4O7P/c1-5-9-16-19-22(25-13-24-16)27(14-26-19)17-11-15(20(29)21(17)30)12-32-23(18(28)10-6-2)35(31,33-7-3)34-8-4/h13-15,17,20-21,23,29-30H,5-12H2,1-4H3/t15-,17-,20-,21+,23?/m1/s1. The Bertz CT molecular complexity index is 1020. The van der Waals surface area contributed by atoms with E-state index in [1.165, 1.54) is 6.33 Å². The summed E-state index contributed by atoms with van der Waals surface area (Å²) in [6.45, 7) is 7.33. The largest absolute Gasteiger partial charge is 0.390 e. The van der Waals surface area contributed by atoms with E-state index in [9.17, 15) is 19.6 Å². The summed E-state index contributed by atoms with van der Waals surface area (Å²) in [5.74, 6) is -2.27. The Morgan fingerprint density at radius 2 is 1.83 bits per heavy atom. The Balaban J connectivity index is 1.80. The molecular weight excluding hydrogens is 475 g/mol. The van der Waals surface area contributed by atoms with Crippen LogP contribution in [0.15, 0.2) is 12.7 Å². The highest BCUT2D eigenvalue weighted by Gasteiger charge is 2.46. The van der Waals surface area contributed by atoms with Crippen LogP contribution in [0.5, 0.6) is 0 Å². The van der Waals surface area contributed by atoms with Crippen molar-refractivity contribution in [2.75, 3.05) is 19.8 Å². The molecule has 0 radical (unpaired) electrons. The van der Waals surface area contributed by atoms with Gasteiger partial charge in [0.2, 0.25) is 5.85 Å². The molecule has 2 aromatic heterocycles. The first-order valence-corrected chi connectivity index (χ1v) is 14.0. The number of aryl methyl sites for hydroxylation is 1. The van der Waals surface area contributed by atoms with E-state index in [1.807, 2.05) is 6.92 Å². The van der Waals surface area contributed by atoms with E-state index in [-0.39, 0.29) is 32.0 Å². The molecule has 0 aliphatic heterocycles. The fraction of sp³-hybridized carbons (Fsp3) is 0.739. The zero-order valence-electron chi connectivity index (χ0n) is 20.9. The highest BCUT2D eigenvalue weighted by Crippen LogP contribution is 2.54. The first-order valence-electron chi connectivity index (χ1n) is 12.4. The maximum Gasteiger partial charge on any atom is 0.366 e. The minimum atomic E-state index is -3.86. The molecule has 1 aliphatic carbocycles. The van der Waals surface area contributed by atoms with E-state index in [1.54, 1.807) is 24.7 Å². The van der Waals surface area contributed by atoms with Gasteiger partial charge in [0.25, 0.3) is 0 Å². The number of carbonyl (C=O) groups is 1. The summed E-state index contributed by atoms with van der Waals surface area (Å²) >= 11 is 0. The third-order valence-electron chi connectivity index (χ3n) is 6.20. The van der Waals surface area contributed by atoms with Gasteiger partial charge in [0.1, 0.15) is 17.9 Å². The lowest BCUT2D eigenvalue weighted by Crippen LogP contribution is -2.33. The maximum atomic E-state index is 13.3. The van der Waals surface area contributed by atoms with Crippen LogP contribution in [-0.4, -0.2) is 73.4 Å². The number of nitrogens with zero attached hydrogens (tertiary/aromatic N) is 4. The van der Waals surface area contributed by atoms with Crippen molar-refractivity contribution in [3.63, 3.8) is 0 Å². The molecule has 12 heteroatoms. The van der Waals surface area contributed by atoms with E-state index < -0.39 is 37.6 Å². The monoisotopic (exact) mass is 512 g/mol. The van der Waals surface area contributed by atoms with E-state index >= 15 is 0 Å².